The van der Waals surface area contributed by atoms with Gasteiger partial charge in [0, 0.05) is 12.0 Å². The third-order valence-corrected chi connectivity index (χ3v) is 2.87. The number of halogens is 3. The Kier molecular flexibility index (Phi) is 2.47. The highest BCUT2D eigenvalue weighted by Crippen LogP contribution is 2.37. The van der Waals surface area contributed by atoms with Gasteiger partial charge in [-0.05, 0) is 35.4 Å². The summed E-state index contributed by atoms with van der Waals surface area (Å²) >= 11 is 0. The van der Waals surface area contributed by atoms with Gasteiger partial charge in [-0.3, -0.25) is 4.98 Å². The molecule has 0 saturated heterocycles. The maximum Gasteiger partial charge on any atom is 0.387 e. The Bertz CT molecular complexity index is 613. The normalized spacial score (nSPS) is 12.4. The Balaban J connectivity index is 2.01. The maximum atomic E-state index is 13.1. The van der Waals surface area contributed by atoms with Gasteiger partial charge in [-0.25, -0.2) is 4.39 Å². The second-order valence-corrected chi connectivity index (χ2v) is 4.04. The second kappa shape index (κ2) is 4.01. The van der Waals surface area contributed by atoms with E-state index in [4.69, 9.17) is 0 Å². The fraction of sp³-hybridized carbons (Fsp3) is 0.154. The minimum atomic E-state index is -2.85. The average molecular weight is 251 g/mol. The Morgan fingerprint density at radius 2 is 2.00 bits per heavy atom. The molecule has 0 fully saturated rings. The van der Waals surface area contributed by atoms with E-state index in [0.29, 0.717) is 12.1 Å². The van der Waals surface area contributed by atoms with Crippen molar-refractivity contribution >= 4 is 0 Å². The molecule has 1 aromatic heterocycles. The van der Waals surface area contributed by atoms with E-state index in [0.717, 1.165) is 22.9 Å². The predicted octanol–water partition coefficient (Wildman–Crippen LogP) is 3.39. The number of hydrogen-bond acceptors (Lipinski definition) is 2. The fourth-order valence-electron chi connectivity index (χ4n) is 2.19. The number of nitrogens with zero attached hydrogens (tertiary/aromatic N) is 1. The molecule has 0 amide bonds. The van der Waals surface area contributed by atoms with Crippen LogP contribution in [0.5, 0.6) is 5.75 Å². The Morgan fingerprint density at radius 3 is 2.78 bits per heavy atom. The van der Waals surface area contributed by atoms with Crippen molar-refractivity contribution in [3.8, 4) is 17.0 Å². The Labute approximate surface area is 101 Å². The lowest BCUT2D eigenvalue weighted by Crippen LogP contribution is -2.02. The molecule has 92 valence electrons. The summed E-state index contributed by atoms with van der Waals surface area (Å²) in [5.74, 6) is -0.289. The molecular weight excluding hydrogens is 243 g/mol. The van der Waals surface area contributed by atoms with Crippen molar-refractivity contribution in [3.63, 3.8) is 0 Å². The molecule has 0 unspecified atom stereocenters. The van der Waals surface area contributed by atoms with E-state index < -0.39 is 12.4 Å². The number of ether oxygens (including phenoxy) is 1. The summed E-state index contributed by atoms with van der Waals surface area (Å²) in [6.07, 6.45) is 1.63. The minimum Gasteiger partial charge on any atom is -0.435 e. The summed E-state index contributed by atoms with van der Waals surface area (Å²) in [5.41, 5.74) is 3.13. The monoisotopic (exact) mass is 251 g/mol. The molecule has 3 rings (SSSR count). The van der Waals surface area contributed by atoms with E-state index in [2.05, 4.69) is 9.72 Å². The summed E-state index contributed by atoms with van der Waals surface area (Å²) in [7, 11) is 0. The Morgan fingerprint density at radius 1 is 1.17 bits per heavy atom. The van der Waals surface area contributed by atoms with Gasteiger partial charge < -0.3 is 4.74 Å². The SMILES string of the molecule is Fc1cnc2c(c1)Cc1cc(OC(F)F)ccc1-2. The van der Waals surface area contributed by atoms with Crippen molar-refractivity contribution in [2.75, 3.05) is 0 Å². The molecule has 0 saturated carbocycles. The molecule has 0 radical (unpaired) electrons. The fourth-order valence-corrected chi connectivity index (χ4v) is 2.19. The van der Waals surface area contributed by atoms with Gasteiger partial charge in [0.1, 0.15) is 11.6 Å². The lowest BCUT2D eigenvalue weighted by atomic mass is 10.1. The van der Waals surface area contributed by atoms with Crippen LogP contribution in [0.3, 0.4) is 0 Å². The molecule has 2 nitrogen and oxygen atoms in total. The van der Waals surface area contributed by atoms with Crippen LogP contribution in [0.4, 0.5) is 13.2 Å². The van der Waals surface area contributed by atoms with Crippen LogP contribution in [-0.4, -0.2) is 11.6 Å². The van der Waals surface area contributed by atoms with Gasteiger partial charge in [-0.15, -0.1) is 0 Å². The first-order valence-corrected chi connectivity index (χ1v) is 5.36. The molecule has 0 N–H and O–H groups in total. The van der Waals surface area contributed by atoms with Gasteiger partial charge in [0.25, 0.3) is 0 Å². The number of hydrogen-bond donors (Lipinski definition) is 0. The maximum absolute atomic E-state index is 13.1. The van der Waals surface area contributed by atoms with Crippen LogP contribution in [0.2, 0.25) is 0 Å². The third kappa shape index (κ3) is 1.81. The van der Waals surface area contributed by atoms with Gasteiger partial charge in [-0.1, -0.05) is 0 Å². The Hall–Kier alpha value is -2.04. The standard InChI is InChI=1S/C13H8F3NO/c14-9-4-8-3-7-5-10(18-13(15)16)1-2-11(7)12(8)17-6-9/h1-2,4-6,13H,3H2. The van der Waals surface area contributed by atoms with E-state index in [1.165, 1.54) is 12.1 Å². The first-order valence-electron chi connectivity index (χ1n) is 5.36. The van der Waals surface area contributed by atoms with Crippen molar-refractivity contribution in [2.45, 2.75) is 13.0 Å². The van der Waals surface area contributed by atoms with Crippen LogP contribution in [0.15, 0.2) is 30.5 Å². The van der Waals surface area contributed by atoms with Crippen LogP contribution >= 0.6 is 0 Å². The zero-order valence-electron chi connectivity index (χ0n) is 9.16. The smallest absolute Gasteiger partial charge is 0.387 e. The molecule has 0 atom stereocenters. The van der Waals surface area contributed by atoms with E-state index >= 15 is 0 Å². The average Bonchev–Trinajstić information content (AvgIpc) is 2.64. The first-order chi connectivity index (χ1) is 8.63. The summed E-state index contributed by atoms with van der Waals surface area (Å²) in [6.45, 7) is -2.85. The van der Waals surface area contributed by atoms with Crippen molar-refractivity contribution in [2.24, 2.45) is 0 Å². The zero-order valence-corrected chi connectivity index (χ0v) is 9.16. The number of rotatable bonds is 2. The molecule has 1 heterocycles. The highest BCUT2D eigenvalue weighted by atomic mass is 19.3. The van der Waals surface area contributed by atoms with E-state index in [1.807, 2.05) is 0 Å². The molecule has 18 heavy (non-hydrogen) atoms. The largest absolute Gasteiger partial charge is 0.435 e. The predicted molar refractivity (Wildman–Crippen MR) is 59.1 cm³/mol. The lowest BCUT2D eigenvalue weighted by molar-refractivity contribution is -0.0498. The van der Waals surface area contributed by atoms with Crippen molar-refractivity contribution in [1.29, 1.82) is 0 Å². The van der Waals surface area contributed by atoms with Crippen molar-refractivity contribution in [3.05, 3.63) is 47.4 Å². The summed E-state index contributed by atoms with van der Waals surface area (Å²) < 4.78 is 41.6. The minimum absolute atomic E-state index is 0.108. The number of alkyl halides is 2. The molecule has 1 aliphatic carbocycles. The highest BCUT2D eigenvalue weighted by molar-refractivity contribution is 5.74. The van der Waals surface area contributed by atoms with Crippen LogP contribution in [0, 0.1) is 5.82 Å². The first kappa shape index (κ1) is 11.1. The van der Waals surface area contributed by atoms with Crippen LogP contribution in [-0.2, 0) is 6.42 Å². The van der Waals surface area contributed by atoms with Crippen molar-refractivity contribution in [1.82, 2.24) is 4.98 Å². The van der Waals surface area contributed by atoms with Gasteiger partial charge in [0.15, 0.2) is 0 Å². The van der Waals surface area contributed by atoms with Gasteiger partial charge in [0.05, 0.1) is 11.9 Å². The molecule has 0 bridgehead atoms. The van der Waals surface area contributed by atoms with Crippen molar-refractivity contribution < 1.29 is 17.9 Å². The number of fused-ring (bicyclic) bond motifs is 3. The van der Waals surface area contributed by atoms with Crippen LogP contribution in [0.25, 0.3) is 11.3 Å². The number of pyridine rings is 1. The number of aromatic nitrogens is 1. The topological polar surface area (TPSA) is 22.1 Å². The highest BCUT2D eigenvalue weighted by Gasteiger charge is 2.21. The van der Waals surface area contributed by atoms with E-state index in [-0.39, 0.29) is 5.75 Å². The summed E-state index contributed by atoms with van der Waals surface area (Å²) in [4.78, 5) is 4.03. The molecule has 0 aliphatic heterocycles. The van der Waals surface area contributed by atoms with E-state index in [9.17, 15) is 13.2 Å². The molecule has 1 aliphatic rings. The van der Waals surface area contributed by atoms with E-state index in [1.54, 1.807) is 12.1 Å². The molecule has 5 heteroatoms. The van der Waals surface area contributed by atoms with Gasteiger partial charge in [-0.2, -0.15) is 8.78 Å². The van der Waals surface area contributed by atoms with Crippen LogP contribution < -0.4 is 4.74 Å². The molecule has 1 aromatic carbocycles. The zero-order chi connectivity index (χ0) is 12.7. The molecule has 2 aromatic rings. The number of benzene rings is 1. The van der Waals surface area contributed by atoms with Gasteiger partial charge in [0.2, 0.25) is 0 Å². The second-order valence-electron chi connectivity index (χ2n) is 4.04. The van der Waals surface area contributed by atoms with Gasteiger partial charge >= 0.3 is 6.61 Å². The molecule has 0 spiro atoms. The summed E-state index contributed by atoms with van der Waals surface area (Å²) in [5, 5.41) is 0. The third-order valence-electron chi connectivity index (χ3n) is 2.87. The quantitative estimate of drug-likeness (QED) is 0.696. The molecular formula is C13H8F3NO. The lowest BCUT2D eigenvalue weighted by Gasteiger charge is -2.06. The van der Waals surface area contributed by atoms with Crippen LogP contribution in [0.1, 0.15) is 11.1 Å². The summed E-state index contributed by atoms with van der Waals surface area (Å²) in [6, 6.07) is 6.09.